The van der Waals surface area contributed by atoms with Crippen LogP contribution < -0.4 is 11.3 Å². The highest BCUT2D eigenvalue weighted by molar-refractivity contribution is 5.03. The van der Waals surface area contributed by atoms with Gasteiger partial charge in [0.05, 0.1) is 11.8 Å². The van der Waals surface area contributed by atoms with Gasteiger partial charge in [0.15, 0.2) is 0 Å². The smallest absolute Gasteiger partial charge is 0.251 e. The summed E-state index contributed by atoms with van der Waals surface area (Å²) >= 11 is 0. The Labute approximate surface area is 87.7 Å². The molecule has 0 bridgehead atoms. The van der Waals surface area contributed by atoms with E-state index in [1.807, 2.05) is 0 Å². The molecule has 2 heterocycles. The maximum absolute atomic E-state index is 11.3. The maximum atomic E-state index is 11.3. The van der Waals surface area contributed by atoms with Gasteiger partial charge in [-0.05, 0) is 12.8 Å². The van der Waals surface area contributed by atoms with Crippen LogP contribution >= 0.6 is 0 Å². The van der Waals surface area contributed by atoms with Crippen molar-refractivity contribution in [2.45, 2.75) is 31.9 Å². The lowest BCUT2D eigenvalue weighted by molar-refractivity contribution is 0.110. The first-order valence-corrected chi connectivity index (χ1v) is 5.18. The average Bonchev–Trinajstić information content (AvgIpc) is 2.69. The first-order valence-electron chi connectivity index (χ1n) is 5.18. The van der Waals surface area contributed by atoms with E-state index in [-0.39, 0.29) is 11.7 Å². The molecule has 1 aromatic rings. The number of rotatable bonds is 3. The standard InChI is InChI=1S/C10H15N3O2/c11-6-7-4-10(14)13-9(12-7)5-8-2-1-3-15-8/h4,8H,1-3,5-6,11H2,(H,12,13,14). The summed E-state index contributed by atoms with van der Waals surface area (Å²) in [5.74, 6) is 0.676. The SMILES string of the molecule is NCc1cc(=O)[nH]c(CC2CCCO2)n1. The second-order valence-electron chi connectivity index (χ2n) is 3.73. The summed E-state index contributed by atoms with van der Waals surface area (Å²) in [5, 5.41) is 0. The van der Waals surface area contributed by atoms with E-state index in [0.717, 1.165) is 19.4 Å². The molecule has 5 nitrogen and oxygen atoms in total. The number of hydrogen-bond acceptors (Lipinski definition) is 4. The van der Waals surface area contributed by atoms with Crippen LogP contribution in [0.25, 0.3) is 0 Å². The van der Waals surface area contributed by atoms with Crippen LogP contribution in [0.4, 0.5) is 0 Å². The molecule has 0 aliphatic carbocycles. The van der Waals surface area contributed by atoms with E-state index in [1.165, 1.54) is 6.07 Å². The lowest BCUT2D eigenvalue weighted by atomic mass is 10.2. The molecule has 1 atom stereocenters. The van der Waals surface area contributed by atoms with Crippen LogP contribution in [-0.4, -0.2) is 22.7 Å². The van der Waals surface area contributed by atoms with Gasteiger partial charge in [-0.1, -0.05) is 0 Å². The van der Waals surface area contributed by atoms with Crippen LogP contribution in [0.3, 0.4) is 0 Å². The quantitative estimate of drug-likeness (QED) is 0.731. The summed E-state index contributed by atoms with van der Waals surface area (Å²) in [6, 6.07) is 1.43. The Hall–Kier alpha value is -1.20. The number of nitrogens with two attached hydrogens (primary N) is 1. The third-order valence-corrected chi connectivity index (χ3v) is 2.50. The lowest BCUT2D eigenvalue weighted by Gasteiger charge is -2.08. The fourth-order valence-electron chi connectivity index (χ4n) is 1.79. The lowest BCUT2D eigenvalue weighted by Crippen LogP contribution is -2.19. The number of nitrogens with zero attached hydrogens (tertiary/aromatic N) is 1. The summed E-state index contributed by atoms with van der Waals surface area (Å²) in [5.41, 5.74) is 5.94. The molecule has 1 fully saturated rings. The molecular weight excluding hydrogens is 194 g/mol. The molecule has 1 aromatic heterocycles. The highest BCUT2D eigenvalue weighted by Gasteiger charge is 2.17. The van der Waals surface area contributed by atoms with Crippen molar-refractivity contribution in [1.29, 1.82) is 0 Å². The number of ether oxygens (including phenoxy) is 1. The van der Waals surface area contributed by atoms with Crippen molar-refractivity contribution in [2.75, 3.05) is 6.61 Å². The largest absolute Gasteiger partial charge is 0.378 e. The summed E-state index contributed by atoms with van der Waals surface area (Å²) in [6.45, 7) is 1.11. The number of aromatic amines is 1. The van der Waals surface area contributed by atoms with E-state index in [0.29, 0.717) is 24.5 Å². The minimum absolute atomic E-state index is 0.140. The van der Waals surface area contributed by atoms with Crippen LogP contribution in [0.15, 0.2) is 10.9 Å². The first kappa shape index (κ1) is 10.3. The maximum Gasteiger partial charge on any atom is 0.251 e. The monoisotopic (exact) mass is 209 g/mol. The van der Waals surface area contributed by atoms with Gasteiger partial charge in [0.1, 0.15) is 5.82 Å². The average molecular weight is 209 g/mol. The summed E-state index contributed by atoms with van der Waals surface area (Å²) in [4.78, 5) is 18.2. The molecule has 0 aromatic carbocycles. The fraction of sp³-hybridized carbons (Fsp3) is 0.600. The first-order chi connectivity index (χ1) is 7.28. The normalized spacial score (nSPS) is 20.7. The van der Waals surface area contributed by atoms with E-state index in [1.54, 1.807) is 0 Å². The summed E-state index contributed by atoms with van der Waals surface area (Å²) in [7, 11) is 0. The molecule has 0 radical (unpaired) electrons. The molecule has 0 amide bonds. The zero-order valence-corrected chi connectivity index (χ0v) is 8.53. The van der Waals surface area contributed by atoms with Gasteiger partial charge >= 0.3 is 0 Å². The molecule has 1 aliphatic rings. The molecule has 1 aliphatic heterocycles. The van der Waals surface area contributed by atoms with Gasteiger partial charge in [-0.2, -0.15) is 0 Å². The Bertz CT molecular complexity index is 382. The van der Waals surface area contributed by atoms with Crippen molar-refractivity contribution in [3.63, 3.8) is 0 Å². The van der Waals surface area contributed by atoms with Crippen LogP contribution in [0.1, 0.15) is 24.4 Å². The van der Waals surface area contributed by atoms with Gasteiger partial charge in [-0.15, -0.1) is 0 Å². The predicted octanol–water partition coefficient (Wildman–Crippen LogP) is -0.0499. The van der Waals surface area contributed by atoms with Crippen molar-refractivity contribution in [1.82, 2.24) is 9.97 Å². The van der Waals surface area contributed by atoms with E-state index < -0.39 is 0 Å². The van der Waals surface area contributed by atoms with Crippen LogP contribution in [0, 0.1) is 0 Å². The Kier molecular flexibility index (Phi) is 3.13. The third-order valence-electron chi connectivity index (χ3n) is 2.50. The molecule has 5 heteroatoms. The van der Waals surface area contributed by atoms with Crippen molar-refractivity contribution < 1.29 is 4.74 Å². The van der Waals surface area contributed by atoms with Crippen molar-refractivity contribution in [3.8, 4) is 0 Å². The van der Waals surface area contributed by atoms with Gasteiger partial charge in [0.25, 0.3) is 5.56 Å². The van der Waals surface area contributed by atoms with Crippen molar-refractivity contribution in [2.24, 2.45) is 5.73 Å². The molecular formula is C10H15N3O2. The van der Waals surface area contributed by atoms with E-state index in [9.17, 15) is 4.79 Å². The van der Waals surface area contributed by atoms with Gasteiger partial charge < -0.3 is 15.5 Å². The molecule has 2 rings (SSSR count). The summed E-state index contributed by atoms with van der Waals surface area (Å²) in [6.07, 6.45) is 2.99. The zero-order chi connectivity index (χ0) is 10.7. The zero-order valence-electron chi connectivity index (χ0n) is 8.53. The highest BCUT2D eigenvalue weighted by Crippen LogP contribution is 2.14. The number of nitrogens with one attached hydrogen (secondary N) is 1. The van der Waals surface area contributed by atoms with Crippen molar-refractivity contribution >= 4 is 0 Å². The van der Waals surface area contributed by atoms with Crippen molar-refractivity contribution in [3.05, 3.63) is 27.9 Å². The Morgan fingerprint density at radius 3 is 3.20 bits per heavy atom. The molecule has 82 valence electrons. The molecule has 0 spiro atoms. The third kappa shape index (κ3) is 2.64. The predicted molar refractivity (Wildman–Crippen MR) is 55.4 cm³/mol. The minimum atomic E-state index is -0.140. The molecule has 1 saturated heterocycles. The molecule has 3 N–H and O–H groups in total. The summed E-state index contributed by atoms with van der Waals surface area (Å²) < 4.78 is 5.48. The topological polar surface area (TPSA) is 81.0 Å². The van der Waals surface area contributed by atoms with Gasteiger partial charge in [-0.3, -0.25) is 4.79 Å². The van der Waals surface area contributed by atoms with E-state index in [2.05, 4.69) is 9.97 Å². The van der Waals surface area contributed by atoms with Crippen LogP contribution in [-0.2, 0) is 17.7 Å². The van der Waals surface area contributed by atoms with E-state index >= 15 is 0 Å². The van der Waals surface area contributed by atoms with E-state index in [4.69, 9.17) is 10.5 Å². The number of H-pyrrole nitrogens is 1. The van der Waals surface area contributed by atoms with Gasteiger partial charge in [0, 0.05) is 25.6 Å². The number of aromatic nitrogens is 2. The van der Waals surface area contributed by atoms with Gasteiger partial charge in [-0.25, -0.2) is 4.98 Å². The Morgan fingerprint density at radius 1 is 1.67 bits per heavy atom. The number of hydrogen-bond donors (Lipinski definition) is 2. The molecule has 0 saturated carbocycles. The minimum Gasteiger partial charge on any atom is -0.378 e. The Morgan fingerprint density at radius 2 is 2.53 bits per heavy atom. The highest BCUT2D eigenvalue weighted by atomic mass is 16.5. The van der Waals surface area contributed by atoms with Gasteiger partial charge in [0.2, 0.25) is 0 Å². The fourth-order valence-corrected chi connectivity index (χ4v) is 1.79. The second kappa shape index (κ2) is 4.55. The van der Waals surface area contributed by atoms with Crippen LogP contribution in [0.2, 0.25) is 0 Å². The Balaban J connectivity index is 2.12. The molecule has 15 heavy (non-hydrogen) atoms. The molecule has 1 unspecified atom stereocenters. The van der Waals surface area contributed by atoms with Crippen LogP contribution in [0.5, 0.6) is 0 Å². The second-order valence-corrected chi connectivity index (χ2v) is 3.73.